The minimum Gasteiger partial charge on any atom is -0.350 e. The van der Waals surface area contributed by atoms with Gasteiger partial charge in [0, 0.05) is 40.0 Å². The van der Waals surface area contributed by atoms with Gasteiger partial charge in [0.1, 0.15) is 0 Å². The summed E-state index contributed by atoms with van der Waals surface area (Å²) in [5, 5.41) is 2.91. The molecule has 0 heterocycles. The molecular weight excluding hydrogens is 284 g/mol. The normalized spacial score (nSPS) is 13.0. The van der Waals surface area contributed by atoms with Crippen LogP contribution in [0.4, 0.5) is 0 Å². The van der Waals surface area contributed by atoms with E-state index < -0.39 is 10.8 Å². The van der Waals surface area contributed by atoms with E-state index in [4.69, 9.17) is 5.73 Å². The van der Waals surface area contributed by atoms with Gasteiger partial charge in [-0.3, -0.25) is 9.00 Å². The van der Waals surface area contributed by atoms with Crippen LogP contribution in [0.5, 0.6) is 0 Å². The van der Waals surface area contributed by atoms with E-state index in [1.807, 2.05) is 26.0 Å². The number of nitrogens with one attached hydrogen (secondary N) is 1. The summed E-state index contributed by atoms with van der Waals surface area (Å²) < 4.78 is 11.0. The number of aryl methyl sites for hydroxylation is 1. The monoisotopic (exact) mass is 306 g/mol. The molecule has 2 atom stereocenters. The molecule has 3 N–H and O–H groups in total. The molecule has 0 radical (unpaired) electrons. The van der Waals surface area contributed by atoms with Gasteiger partial charge in [0.2, 0.25) is 0 Å². The van der Waals surface area contributed by atoms with E-state index in [9.17, 15) is 9.00 Å². The highest BCUT2D eigenvalue weighted by molar-refractivity contribution is 7.84. The van der Waals surface area contributed by atoms with Crippen LogP contribution in [0, 0.1) is 18.8 Å². The van der Waals surface area contributed by atoms with Crippen molar-refractivity contribution < 1.29 is 9.00 Å². The van der Waals surface area contributed by atoms with Gasteiger partial charge in [-0.25, -0.2) is 0 Å². The van der Waals surface area contributed by atoms with Gasteiger partial charge in [0.05, 0.1) is 6.54 Å². The minimum atomic E-state index is -0.832. The van der Waals surface area contributed by atoms with E-state index in [-0.39, 0.29) is 11.9 Å². The molecule has 0 bridgehead atoms. The van der Waals surface area contributed by atoms with Gasteiger partial charge in [-0.15, -0.1) is 0 Å². The summed E-state index contributed by atoms with van der Waals surface area (Å²) in [7, 11) is -0.832. The first-order chi connectivity index (χ1) is 9.93. The van der Waals surface area contributed by atoms with E-state index >= 15 is 0 Å². The summed E-state index contributed by atoms with van der Waals surface area (Å²) in [4.78, 5) is 12.1. The number of rotatable bonds is 5. The van der Waals surface area contributed by atoms with Gasteiger partial charge in [0.15, 0.2) is 0 Å². The summed E-state index contributed by atoms with van der Waals surface area (Å²) >= 11 is 0. The van der Waals surface area contributed by atoms with Crippen molar-refractivity contribution in [1.82, 2.24) is 5.32 Å². The Bertz CT molecular complexity index is 588. The summed E-state index contributed by atoms with van der Waals surface area (Å²) in [5.41, 5.74) is 7.79. The van der Waals surface area contributed by atoms with E-state index in [0.717, 1.165) is 11.1 Å². The number of carbonyl (C=O) groups is 1. The average molecular weight is 306 g/mol. The molecule has 2 unspecified atom stereocenters. The summed E-state index contributed by atoms with van der Waals surface area (Å²) in [6.07, 6.45) is 2.37. The first-order valence-corrected chi connectivity index (χ1v) is 8.57. The third-order valence-electron chi connectivity index (χ3n) is 3.03. The SMILES string of the molecule is Cc1cc(C(=O)NC(C)CCS(C)=O)ccc1C#CCN. The van der Waals surface area contributed by atoms with Crippen molar-refractivity contribution in [3.8, 4) is 11.8 Å². The molecule has 0 aliphatic heterocycles. The Morgan fingerprint density at radius 3 is 2.76 bits per heavy atom. The minimum absolute atomic E-state index is 0.00147. The van der Waals surface area contributed by atoms with E-state index in [1.54, 1.807) is 12.3 Å². The molecule has 0 saturated heterocycles. The summed E-state index contributed by atoms with van der Waals surface area (Å²) in [6.45, 7) is 4.15. The van der Waals surface area contributed by atoms with Gasteiger partial charge in [-0.1, -0.05) is 11.8 Å². The van der Waals surface area contributed by atoms with E-state index in [2.05, 4.69) is 17.2 Å². The lowest BCUT2D eigenvalue weighted by Crippen LogP contribution is -2.33. The molecule has 0 aliphatic rings. The lowest BCUT2D eigenvalue weighted by atomic mass is 10.0. The van der Waals surface area contributed by atoms with Crippen LogP contribution >= 0.6 is 0 Å². The van der Waals surface area contributed by atoms with Gasteiger partial charge in [-0.05, 0) is 44.0 Å². The van der Waals surface area contributed by atoms with Gasteiger partial charge in [0.25, 0.3) is 5.91 Å². The van der Waals surface area contributed by atoms with Crippen molar-refractivity contribution in [3.05, 3.63) is 34.9 Å². The van der Waals surface area contributed by atoms with Crippen LogP contribution in [0.3, 0.4) is 0 Å². The van der Waals surface area contributed by atoms with E-state index in [1.165, 1.54) is 0 Å². The van der Waals surface area contributed by atoms with Crippen LogP contribution in [-0.4, -0.2) is 34.7 Å². The molecule has 1 aromatic rings. The van der Waals surface area contributed by atoms with Crippen LogP contribution in [-0.2, 0) is 10.8 Å². The van der Waals surface area contributed by atoms with Crippen molar-refractivity contribution in [2.75, 3.05) is 18.6 Å². The molecule has 4 nitrogen and oxygen atoms in total. The number of hydrogen-bond acceptors (Lipinski definition) is 3. The summed E-state index contributed by atoms with van der Waals surface area (Å²) in [5.74, 6) is 6.25. The second-order valence-electron chi connectivity index (χ2n) is 4.98. The maximum atomic E-state index is 12.1. The lowest BCUT2D eigenvalue weighted by molar-refractivity contribution is 0.0939. The van der Waals surface area contributed by atoms with Crippen molar-refractivity contribution >= 4 is 16.7 Å². The zero-order valence-corrected chi connectivity index (χ0v) is 13.5. The Morgan fingerprint density at radius 1 is 1.48 bits per heavy atom. The molecule has 21 heavy (non-hydrogen) atoms. The fourth-order valence-corrected chi connectivity index (χ4v) is 2.50. The highest BCUT2D eigenvalue weighted by Crippen LogP contribution is 2.10. The van der Waals surface area contributed by atoms with Crippen LogP contribution in [0.15, 0.2) is 18.2 Å². The topological polar surface area (TPSA) is 72.2 Å². The molecule has 0 fully saturated rings. The van der Waals surface area contributed by atoms with Gasteiger partial charge >= 0.3 is 0 Å². The predicted octanol–water partition coefficient (Wildman–Crippen LogP) is 1.19. The lowest BCUT2D eigenvalue weighted by Gasteiger charge is -2.13. The second-order valence-corrected chi connectivity index (χ2v) is 6.53. The molecule has 1 amide bonds. The molecule has 0 spiro atoms. The third kappa shape index (κ3) is 6.11. The van der Waals surface area contributed by atoms with E-state index in [0.29, 0.717) is 24.3 Å². The molecule has 0 aromatic heterocycles. The Morgan fingerprint density at radius 2 is 2.19 bits per heavy atom. The number of amides is 1. The fourth-order valence-electron chi connectivity index (χ4n) is 1.81. The van der Waals surface area contributed by atoms with Gasteiger partial charge < -0.3 is 11.1 Å². The third-order valence-corrected chi connectivity index (χ3v) is 3.84. The number of hydrogen-bond donors (Lipinski definition) is 2. The highest BCUT2D eigenvalue weighted by atomic mass is 32.2. The molecule has 1 rings (SSSR count). The number of nitrogens with two attached hydrogens (primary N) is 1. The van der Waals surface area contributed by atoms with Crippen molar-refractivity contribution in [1.29, 1.82) is 0 Å². The first-order valence-electron chi connectivity index (χ1n) is 6.84. The number of carbonyl (C=O) groups excluding carboxylic acids is 1. The zero-order valence-electron chi connectivity index (χ0n) is 12.7. The predicted molar refractivity (Wildman–Crippen MR) is 87.6 cm³/mol. The Balaban J connectivity index is 2.70. The smallest absolute Gasteiger partial charge is 0.251 e. The Hall–Kier alpha value is -1.64. The Labute approximate surface area is 129 Å². The number of benzene rings is 1. The molecule has 0 saturated carbocycles. The zero-order chi connectivity index (χ0) is 15.8. The van der Waals surface area contributed by atoms with Crippen LogP contribution in [0.2, 0.25) is 0 Å². The van der Waals surface area contributed by atoms with Crippen molar-refractivity contribution in [2.24, 2.45) is 5.73 Å². The standard InChI is InChI=1S/C16H22N2O2S/c1-12-11-15(7-6-14(12)5-4-9-17)16(19)18-13(2)8-10-21(3)20/h6-7,11,13H,8-10,17H2,1-3H3,(H,18,19). The average Bonchev–Trinajstić information content (AvgIpc) is 2.43. The quantitative estimate of drug-likeness (QED) is 0.803. The van der Waals surface area contributed by atoms with Crippen LogP contribution < -0.4 is 11.1 Å². The van der Waals surface area contributed by atoms with Crippen LogP contribution in [0.25, 0.3) is 0 Å². The molecule has 5 heteroatoms. The molecule has 1 aromatic carbocycles. The Kier molecular flexibility index (Phi) is 7.13. The van der Waals surface area contributed by atoms with Gasteiger partial charge in [-0.2, -0.15) is 0 Å². The van der Waals surface area contributed by atoms with Crippen molar-refractivity contribution in [3.63, 3.8) is 0 Å². The molecular formula is C16H22N2O2S. The maximum absolute atomic E-state index is 12.1. The second kappa shape index (κ2) is 8.60. The molecule has 0 aliphatic carbocycles. The largest absolute Gasteiger partial charge is 0.350 e. The van der Waals surface area contributed by atoms with Crippen LogP contribution in [0.1, 0.15) is 34.8 Å². The molecule has 114 valence electrons. The summed E-state index contributed by atoms with van der Waals surface area (Å²) in [6, 6.07) is 5.41. The van der Waals surface area contributed by atoms with Crippen molar-refractivity contribution in [2.45, 2.75) is 26.3 Å². The maximum Gasteiger partial charge on any atom is 0.251 e. The fraction of sp³-hybridized carbons (Fsp3) is 0.438. The highest BCUT2D eigenvalue weighted by Gasteiger charge is 2.11. The first kappa shape index (κ1) is 17.4.